The molecule has 0 spiro atoms. The summed E-state index contributed by atoms with van der Waals surface area (Å²) in [6, 6.07) is 13.9. The van der Waals surface area contributed by atoms with Gasteiger partial charge in [0.25, 0.3) is 0 Å². The highest BCUT2D eigenvalue weighted by Crippen LogP contribution is 2.33. The summed E-state index contributed by atoms with van der Waals surface area (Å²) in [6.07, 6.45) is -0.513. The van der Waals surface area contributed by atoms with E-state index in [0.29, 0.717) is 5.69 Å². The van der Waals surface area contributed by atoms with Gasteiger partial charge in [0, 0.05) is 16.8 Å². The molecule has 0 saturated carbocycles. The minimum Gasteiger partial charge on any atom is -0.444 e. The van der Waals surface area contributed by atoms with Gasteiger partial charge in [-0.05, 0) is 75.7 Å². The molecular weight excluding hydrogens is 343 g/mol. The molecule has 2 aromatic carbocycles. The monoisotopic (exact) mass is 366 g/mol. The number of amides is 1. The van der Waals surface area contributed by atoms with Crippen LogP contribution in [0, 0.1) is 5.82 Å². The Labute approximate surface area is 158 Å². The normalized spacial score (nSPS) is 11.4. The third-order valence-corrected chi connectivity index (χ3v) is 4.00. The first-order chi connectivity index (χ1) is 12.7. The van der Waals surface area contributed by atoms with Gasteiger partial charge in [0.05, 0.1) is 11.2 Å². The standard InChI is InChI=1S/C22H23FN2O2/c1-14(2)20-13-17-18(24-21(26)27-22(3,4)5)7-6-8-19(17)25(20)16-11-9-15(23)10-12-16/h6-13H,1H2,2-5H3,(H,24,26). The number of hydrogen-bond donors (Lipinski definition) is 1. The van der Waals surface area contributed by atoms with Crippen LogP contribution in [0.1, 0.15) is 33.4 Å². The molecule has 1 N–H and O–H groups in total. The Bertz CT molecular complexity index is 1010. The van der Waals surface area contributed by atoms with Crippen LogP contribution in [0.15, 0.2) is 55.1 Å². The molecule has 0 saturated heterocycles. The van der Waals surface area contributed by atoms with Gasteiger partial charge in [-0.2, -0.15) is 0 Å². The number of nitrogens with one attached hydrogen (secondary N) is 1. The van der Waals surface area contributed by atoms with Crippen LogP contribution in [-0.4, -0.2) is 16.3 Å². The van der Waals surface area contributed by atoms with Crippen molar-refractivity contribution >= 4 is 28.3 Å². The Balaban J connectivity index is 2.12. The Morgan fingerprint density at radius 1 is 1.15 bits per heavy atom. The first-order valence-electron chi connectivity index (χ1n) is 8.72. The molecule has 4 nitrogen and oxygen atoms in total. The summed E-state index contributed by atoms with van der Waals surface area (Å²) in [5.74, 6) is -0.292. The maximum absolute atomic E-state index is 13.4. The van der Waals surface area contributed by atoms with Crippen LogP contribution in [0.25, 0.3) is 22.2 Å². The number of allylic oxidation sites excluding steroid dienone is 1. The zero-order chi connectivity index (χ0) is 19.8. The molecule has 1 heterocycles. The van der Waals surface area contributed by atoms with Crippen LogP contribution in [0.2, 0.25) is 0 Å². The van der Waals surface area contributed by atoms with Crippen molar-refractivity contribution in [1.82, 2.24) is 4.57 Å². The Kier molecular flexibility index (Phi) is 4.79. The van der Waals surface area contributed by atoms with Gasteiger partial charge in [-0.1, -0.05) is 12.6 Å². The molecule has 3 aromatic rings. The Morgan fingerprint density at radius 2 is 1.81 bits per heavy atom. The second kappa shape index (κ2) is 6.91. The predicted octanol–water partition coefficient (Wildman–Crippen LogP) is 6.15. The number of carbonyl (C=O) groups is 1. The first-order valence-corrected chi connectivity index (χ1v) is 8.72. The van der Waals surface area contributed by atoms with Crippen LogP contribution in [0.4, 0.5) is 14.9 Å². The van der Waals surface area contributed by atoms with E-state index in [0.717, 1.165) is 27.9 Å². The average Bonchev–Trinajstić information content (AvgIpc) is 2.95. The predicted molar refractivity (Wildman–Crippen MR) is 108 cm³/mol. The number of nitrogens with zero attached hydrogens (tertiary/aromatic N) is 1. The topological polar surface area (TPSA) is 43.3 Å². The van der Waals surface area contributed by atoms with Gasteiger partial charge >= 0.3 is 6.09 Å². The van der Waals surface area contributed by atoms with Crippen molar-refractivity contribution in [3.05, 3.63) is 66.6 Å². The summed E-state index contributed by atoms with van der Waals surface area (Å²) in [4.78, 5) is 12.2. The number of halogens is 1. The van der Waals surface area contributed by atoms with Crippen LogP contribution in [0.5, 0.6) is 0 Å². The largest absolute Gasteiger partial charge is 0.444 e. The third kappa shape index (κ3) is 4.03. The van der Waals surface area contributed by atoms with E-state index >= 15 is 0 Å². The molecule has 140 valence electrons. The van der Waals surface area contributed by atoms with Gasteiger partial charge in [-0.3, -0.25) is 5.32 Å². The number of benzene rings is 2. The van der Waals surface area contributed by atoms with Crippen molar-refractivity contribution in [3.8, 4) is 5.69 Å². The molecular formula is C22H23FN2O2. The Morgan fingerprint density at radius 3 is 2.41 bits per heavy atom. The summed E-state index contributed by atoms with van der Waals surface area (Å²) in [6.45, 7) is 11.4. The minimum atomic E-state index is -0.582. The molecule has 0 bridgehead atoms. The van der Waals surface area contributed by atoms with Crippen molar-refractivity contribution in [2.75, 3.05) is 5.32 Å². The smallest absolute Gasteiger partial charge is 0.412 e. The molecule has 0 radical (unpaired) electrons. The van der Waals surface area contributed by atoms with Crippen LogP contribution >= 0.6 is 0 Å². The molecule has 0 aliphatic rings. The highest BCUT2D eigenvalue weighted by Gasteiger charge is 2.19. The number of anilines is 1. The van der Waals surface area contributed by atoms with Crippen molar-refractivity contribution in [2.24, 2.45) is 0 Å². The lowest BCUT2D eigenvalue weighted by atomic mass is 10.2. The summed E-state index contributed by atoms with van der Waals surface area (Å²) >= 11 is 0. The fraction of sp³-hybridized carbons (Fsp3) is 0.227. The van der Waals surface area contributed by atoms with Crippen molar-refractivity contribution in [2.45, 2.75) is 33.3 Å². The summed E-state index contributed by atoms with van der Waals surface area (Å²) < 4.78 is 20.7. The SMILES string of the molecule is C=C(C)c1cc2c(NC(=O)OC(C)(C)C)cccc2n1-c1ccc(F)cc1. The van der Waals surface area contributed by atoms with E-state index in [4.69, 9.17) is 4.74 Å². The summed E-state index contributed by atoms with van der Waals surface area (Å²) in [5.41, 5.74) is 3.51. The lowest BCUT2D eigenvalue weighted by Gasteiger charge is -2.20. The molecule has 1 amide bonds. The molecule has 0 unspecified atom stereocenters. The summed E-state index contributed by atoms with van der Waals surface area (Å²) in [5, 5.41) is 3.67. The molecule has 27 heavy (non-hydrogen) atoms. The maximum Gasteiger partial charge on any atom is 0.412 e. The second-order valence-corrected chi connectivity index (χ2v) is 7.49. The lowest BCUT2D eigenvalue weighted by molar-refractivity contribution is 0.0636. The molecule has 0 aliphatic heterocycles. The zero-order valence-corrected chi connectivity index (χ0v) is 16.0. The zero-order valence-electron chi connectivity index (χ0n) is 16.0. The van der Waals surface area contributed by atoms with Gasteiger partial charge in [-0.15, -0.1) is 0 Å². The molecule has 1 aromatic heterocycles. The number of hydrogen-bond acceptors (Lipinski definition) is 2. The average molecular weight is 366 g/mol. The number of aromatic nitrogens is 1. The van der Waals surface area contributed by atoms with Crippen molar-refractivity contribution in [3.63, 3.8) is 0 Å². The van der Waals surface area contributed by atoms with Gasteiger partial charge in [-0.25, -0.2) is 9.18 Å². The maximum atomic E-state index is 13.4. The van der Waals surface area contributed by atoms with E-state index in [-0.39, 0.29) is 5.82 Å². The minimum absolute atomic E-state index is 0.292. The van der Waals surface area contributed by atoms with E-state index in [1.54, 1.807) is 12.1 Å². The Hall–Kier alpha value is -3.08. The van der Waals surface area contributed by atoms with E-state index < -0.39 is 11.7 Å². The number of rotatable bonds is 3. The highest BCUT2D eigenvalue weighted by molar-refractivity contribution is 6.01. The molecule has 0 fully saturated rings. The fourth-order valence-corrected chi connectivity index (χ4v) is 2.94. The van der Waals surface area contributed by atoms with Crippen molar-refractivity contribution < 1.29 is 13.9 Å². The quantitative estimate of drug-likeness (QED) is 0.604. The fourth-order valence-electron chi connectivity index (χ4n) is 2.94. The van der Waals surface area contributed by atoms with Crippen LogP contribution in [0.3, 0.4) is 0 Å². The molecule has 0 aliphatic carbocycles. The van der Waals surface area contributed by atoms with Crippen LogP contribution in [-0.2, 0) is 4.74 Å². The number of carbonyl (C=O) groups excluding carboxylic acids is 1. The van der Waals surface area contributed by atoms with Gasteiger partial charge in [0.2, 0.25) is 0 Å². The van der Waals surface area contributed by atoms with E-state index in [2.05, 4.69) is 11.9 Å². The highest BCUT2D eigenvalue weighted by atomic mass is 19.1. The third-order valence-electron chi connectivity index (χ3n) is 4.00. The number of fused-ring (bicyclic) bond motifs is 1. The van der Waals surface area contributed by atoms with Crippen LogP contribution < -0.4 is 5.32 Å². The molecule has 0 atom stereocenters. The lowest BCUT2D eigenvalue weighted by Crippen LogP contribution is -2.27. The van der Waals surface area contributed by atoms with E-state index in [1.807, 2.05) is 56.5 Å². The second-order valence-electron chi connectivity index (χ2n) is 7.49. The van der Waals surface area contributed by atoms with Gasteiger partial charge < -0.3 is 9.30 Å². The first kappa shape index (κ1) is 18.7. The van der Waals surface area contributed by atoms with E-state index in [9.17, 15) is 9.18 Å². The molecule has 3 rings (SSSR count). The molecule has 5 heteroatoms. The summed E-state index contributed by atoms with van der Waals surface area (Å²) in [7, 11) is 0. The van der Waals surface area contributed by atoms with Crippen molar-refractivity contribution in [1.29, 1.82) is 0 Å². The number of ether oxygens (including phenoxy) is 1. The van der Waals surface area contributed by atoms with E-state index in [1.165, 1.54) is 12.1 Å². The van der Waals surface area contributed by atoms with Gasteiger partial charge in [0.15, 0.2) is 0 Å². The van der Waals surface area contributed by atoms with Gasteiger partial charge in [0.1, 0.15) is 11.4 Å².